The molecule has 0 radical (unpaired) electrons. The van der Waals surface area contributed by atoms with E-state index >= 15 is 0 Å². The third kappa shape index (κ3) is 3.10. The Labute approximate surface area is 134 Å². The minimum absolute atomic E-state index is 0.487. The molecule has 0 bridgehead atoms. The Kier molecular flexibility index (Phi) is 4.07. The van der Waals surface area contributed by atoms with Crippen LogP contribution in [0.4, 0.5) is 0 Å². The summed E-state index contributed by atoms with van der Waals surface area (Å²) in [5, 5.41) is 4.40. The largest absolute Gasteiger partial charge is 0.334 e. The summed E-state index contributed by atoms with van der Waals surface area (Å²) in [4.78, 5) is 4.17. The fourth-order valence-corrected chi connectivity index (χ4v) is 2.34. The molecule has 1 heterocycles. The van der Waals surface area contributed by atoms with Crippen LogP contribution in [0.3, 0.4) is 0 Å². The van der Waals surface area contributed by atoms with E-state index in [0.717, 1.165) is 16.7 Å². The Morgan fingerprint density at radius 1 is 1.05 bits per heavy atom. The molecule has 0 aliphatic carbocycles. The molecule has 0 spiro atoms. The van der Waals surface area contributed by atoms with Crippen molar-refractivity contribution in [1.82, 2.24) is 10.1 Å². The van der Waals surface area contributed by atoms with Gasteiger partial charge in [-0.05, 0) is 54.3 Å². The summed E-state index contributed by atoms with van der Waals surface area (Å²) in [6, 6.07) is 13.9. The van der Waals surface area contributed by atoms with Crippen LogP contribution in [0.2, 0.25) is 5.02 Å². The number of hydrogen-bond acceptors (Lipinski definition) is 3. The van der Waals surface area contributed by atoms with Gasteiger partial charge in [0.05, 0.1) is 0 Å². The first kappa shape index (κ1) is 14.5. The molecule has 0 saturated heterocycles. The second-order valence-electron chi connectivity index (χ2n) is 5.16. The molecule has 0 N–H and O–H groups in total. The summed E-state index contributed by atoms with van der Waals surface area (Å²) in [7, 11) is 0. The average molecular weight is 311 g/mol. The Bertz CT molecular complexity index is 806. The van der Waals surface area contributed by atoms with E-state index in [9.17, 15) is 0 Å². The fourth-order valence-electron chi connectivity index (χ4n) is 2.21. The Hall–Kier alpha value is -2.39. The maximum atomic E-state index is 5.97. The number of aryl methyl sites for hydroxylation is 2. The molecular formula is C18H15ClN2O. The van der Waals surface area contributed by atoms with Crippen LogP contribution in [0.25, 0.3) is 11.6 Å². The summed E-state index contributed by atoms with van der Waals surface area (Å²) in [6.45, 7) is 4.20. The Morgan fingerprint density at radius 3 is 2.45 bits per heavy atom. The zero-order valence-electron chi connectivity index (χ0n) is 12.4. The molecule has 4 heteroatoms. The van der Waals surface area contributed by atoms with E-state index < -0.39 is 0 Å². The van der Waals surface area contributed by atoms with Gasteiger partial charge in [0.25, 0.3) is 5.89 Å². The van der Waals surface area contributed by atoms with E-state index in [0.29, 0.717) is 10.9 Å². The van der Waals surface area contributed by atoms with Crippen molar-refractivity contribution < 1.29 is 4.52 Å². The fraction of sp³-hybridized carbons (Fsp3) is 0.111. The second kappa shape index (κ2) is 6.16. The molecule has 0 unspecified atom stereocenters. The van der Waals surface area contributed by atoms with Crippen molar-refractivity contribution in [3.63, 3.8) is 0 Å². The summed E-state index contributed by atoms with van der Waals surface area (Å²) in [5.74, 6) is 0.487. The molecule has 0 amide bonds. The molecule has 110 valence electrons. The lowest BCUT2D eigenvalue weighted by Crippen LogP contribution is -1.89. The molecule has 0 aliphatic heterocycles. The van der Waals surface area contributed by atoms with Gasteiger partial charge in [-0.25, -0.2) is 0 Å². The minimum Gasteiger partial charge on any atom is -0.334 e. The first-order chi connectivity index (χ1) is 10.6. The Balaban J connectivity index is 2.11. The van der Waals surface area contributed by atoms with Crippen LogP contribution < -0.4 is 0 Å². The van der Waals surface area contributed by atoms with Gasteiger partial charge in [0.2, 0.25) is 0 Å². The van der Waals surface area contributed by atoms with Crippen LogP contribution in [0.5, 0.6) is 0 Å². The van der Waals surface area contributed by atoms with E-state index in [-0.39, 0.29) is 0 Å². The predicted octanol–water partition coefficient (Wildman–Crippen LogP) is 4.93. The van der Waals surface area contributed by atoms with E-state index in [1.165, 1.54) is 17.5 Å². The van der Waals surface area contributed by atoms with E-state index in [2.05, 4.69) is 42.2 Å². The van der Waals surface area contributed by atoms with Crippen LogP contribution in [-0.2, 0) is 0 Å². The molecule has 0 aliphatic rings. The topological polar surface area (TPSA) is 38.9 Å². The van der Waals surface area contributed by atoms with Crippen LogP contribution >= 0.6 is 11.6 Å². The SMILES string of the molecule is Cc1ccc(/C=C(\c2ccc(Cl)cc2)c2ncno2)cc1C. The smallest absolute Gasteiger partial charge is 0.258 e. The third-order valence-corrected chi connectivity index (χ3v) is 3.84. The van der Waals surface area contributed by atoms with E-state index in [1.807, 2.05) is 30.3 Å². The predicted molar refractivity (Wildman–Crippen MR) is 88.6 cm³/mol. The van der Waals surface area contributed by atoms with Crippen molar-refractivity contribution in [1.29, 1.82) is 0 Å². The maximum absolute atomic E-state index is 5.97. The van der Waals surface area contributed by atoms with Crippen LogP contribution in [0, 0.1) is 13.8 Å². The summed E-state index contributed by atoms with van der Waals surface area (Å²) < 4.78 is 5.24. The van der Waals surface area contributed by atoms with Gasteiger partial charge in [0.1, 0.15) is 0 Å². The van der Waals surface area contributed by atoms with Gasteiger partial charge in [-0.2, -0.15) is 4.98 Å². The molecule has 1 aromatic heterocycles. The van der Waals surface area contributed by atoms with Gasteiger partial charge >= 0.3 is 0 Å². The second-order valence-corrected chi connectivity index (χ2v) is 5.59. The molecule has 22 heavy (non-hydrogen) atoms. The lowest BCUT2D eigenvalue weighted by Gasteiger charge is -2.06. The number of nitrogens with zero attached hydrogens (tertiary/aromatic N) is 2. The van der Waals surface area contributed by atoms with Gasteiger partial charge in [-0.1, -0.05) is 47.1 Å². The summed E-state index contributed by atoms with van der Waals surface area (Å²) >= 11 is 5.97. The number of halogens is 1. The van der Waals surface area contributed by atoms with E-state index in [1.54, 1.807) is 0 Å². The normalized spacial score (nSPS) is 11.7. The highest BCUT2D eigenvalue weighted by Crippen LogP contribution is 2.26. The molecular weight excluding hydrogens is 296 g/mol. The van der Waals surface area contributed by atoms with Gasteiger partial charge in [-0.15, -0.1) is 0 Å². The molecule has 0 atom stereocenters. The van der Waals surface area contributed by atoms with Crippen molar-refractivity contribution in [2.75, 3.05) is 0 Å². The number of hydrogen-bond donors (Lipinski definition) is 0. The van der Waals surface area contributed by atoms with Crippen LogP contribution in [-0.4, -0.2) is 10.1 Å². The van der Waals surface area contributed by atoms with Gasteiger partial charge in [-0.3, -0.25) is 0 Å². The maximum Gasteiger partial charge on any atom is 0.258 e. The molecule has 3 nitrogen and oxygen atoms in total. The third-order valence-electron chi connectivity index (χ3n) is 3.59. The first-order valence-corrected chi connectivity index (χ1v) is 7.33. The van der Waals surface area contributed by atoms with Gasteiger partial charge in [0.15, 0.2) is 6.33 Å². The molecule has 0 fully saturated rings. The quantitative estimate of drug-likeness (QED) is 0.644. The monoisotopic (exact) mass is 310 g/mol. The highest BCUT2D eigenvalue weighted by Gasteiger charge is 2.11. The van der Waals surface area contributed by atoms with Crippen molar-refractivity contribution in [2.24, 2.45) is 0 Å². The van der Waals surface area contributed by atoms with Gasteiger partial charge < -0.3 is 4.52 Å². The molecule has 2 aromatic carbocycles. The van der Waals surface area contributed by atoms with Crippen molar-refractivity contribution in [3.8, 4) is 0 Å². The zero-order chi connectivity index (χ0) is 15.5. The Morgan fingerprint density at radius 2 is 1.82 bits per heavy atom. The minimum atomic E-state index is 0.487. The highest BCUT2D eigenvalue weighted by molar-refractivity contribution is 6.30. The number of aromatic nitrogens is 2. The van der Waals surface area contributed by atoms with Crippen LogP contribution in [0.15, 0.2) is 53.3 Å². The van der Waals surface area contributed by atoms with Crippen molar-refractivity contribution in [2.45, 2.75) is 13.8 Å². The average Bonchev–Trinajstić information content (AvgIpc) is 3.03. The van der Waals surface area contributed by atoms with Crippen molar-refractivity contribution in [3.05, 3.63) is 82.0 Å². The summed E-state index contributed by atoms with van der Waals surface area (Å²) in [6.07, 6.45) is 3.45. The van der Waals surface area contributed by atoms with Crippen molar-refractivity contribution >= 4 is 23.3 Å². The van der Waals surface area contributed by atoms with E-state index in [4.69, 9.17) is 16.1 Å². The number of benzene rings is 2. The molecule has 0 saturated carbocycles. The standard InChI is InChI=1S/C18H15ClN2O/c1-12-3-4-14(9-13(12)2)10-17(18-20-11-21-22-18)15-5-7-16(19)8-6-15/h3-11H,1-2H3/b17-10+. The summed E-state index contributed by atoms with van der Waals surface area (Å²) in [5.41, 5.74) is 5.45. The highest BCUT2D eigenvalue weighted by atomic mass is 35.5. The molecule has 3 rings (SSSR count). The van der Waals surface area contributed by atoms with Gasteiger partial charge in [0, 0.05) is 10.6 Å². The lowest BCUT2D eigenvalue weighted by molar-refractivity contribution is 0.407. The lowest BCUT2D eigenvalue weighted by atomic mass is 10.0. The van der Waals surface area contributed by atoms with Crippen LogP contribution in [0.1, 0.15) is 28.1 Å². The first-order valence-electron chi connectivity index (χ1n) is 6.95. The number of rotatable bonds is 3. The molecule has 3 aromatic rings. The zero-order valence-corrected chi connectivity index (χ0v) is 13.1.